The van der Waals surface area contributed by atoms with Crippen LogP contribution in [0.25, 0.3) is 0 Å². The molecule has 2 N–H and O–H groups in total. The molecule has 1 aliphatic carbocycles. The van der Waals surface area contributed by atoms with Crippen molar-refractivity contribution in [2.75, 3.05) is 19.6 Å². The van der Waals surface area contributed by atoms with Gasteiger partial charge in [-0.05, 0) is 56.7 Å². The van der Waals surface area contributed by atoms with Gasteiger partial charge in [-0.2, -0.15) is 0 Å². The smallest absolute Gasteiger partial charge is 0.230 e. The number of piperidine rings is 1. The molecule has 1 aromatic carbocycles. The van der Waals surface area contributed by atoms with Crippen LogP contribution in [0.1, 0.15) is 63.0 Å². The average Bonchev–Trinajstić information content (AvgIpc) is 2.61. The average molecular weight is 365 g/mol. The number of halogens is 1. The van der Waals surface area contributed by atoms with Crippen LogP contribution in [0.2, 0.25) is 0 Å². The molecule has 4 heteroatoms. The Balaban J connectivity index is 0.00000225. The van der Waals surface area contributed by atoms with E-state index in [1.165, 1.54) is 17.5 Å². The minimum Gasteiger partial charge on any atom is -0.355 e. The lowest BCUT2D eigenvalue weighted by atomic mass is 9.68. The first kappa shape index (κ1) is 20.3. The van der Waals surface area contributed by atoms with Crippen LogP contribution in [0.3, 0.4) is 0 Å². The molecule has 0 aromatic heterocycles. The fraction of sp³-hybridized carbons (Fsp3) is 0.667. The first-order valence-electron chi connectivity index (χ1n) is 9.60. The van der Waals surface area contributed by atoms with Crippen LogP contribution in [-0.2, 0) is 10.2 Å². The molecule has 0 spiro atoms. The van der Waals surface area contributed by atoms with E-state index >= 15 is 0 Å². The van der Waals surface area contributed by atoms with E-state index in [2.05, 4.69) is 48.7 Å². The Hall–Kier alpha value is -1.06. The van der Waals surface area contributed by atoms with Crippen LogP contribution in [0.15, 0.2) is 24.3 Å². The molecule has 25 heavy (non-hydrogen) atoms. The van der Waals surface area contributed by atoms with Gasteiger partial charge in [0.2, 0.25) is 5.91 Å². The third-order valence-corrected chi connectivity index (χ3v) is 6.20. The van der Waals surface area contributed by atoms with Gasteiger partial charge in [-0.15, -0.1) is 12.4 Å². The summed E-state index contributed by atoms with van der Waals surface area (Å²) in [4.78, 5) is 13.3. The van der Waals surface area contributed by atoms with Gasteiger partial charge in [0.05, 0.1) is 5.41 Å². The number of aryl methyl sites for hydroxylation is 1. The van der Waals surface area contributed by atoms with Gasteiger partial charge in [0.25, 0.3) is 0 Å². The summed E-state index contributed by atoms with van der Waals surface area (Å²) in [6.45, 7) is 7.37. The van der Waals surface area contributed by atoms with E-state index in [9.17, 15) is 4.79 Å². The molecule has 0 unspecified atom stereocenters. The van der Waals surface area contributed by atoms with Crippen LogP contribution in [0, 0.1) is 12.3 Å². The molecule has 140 valence electrons. The van der Waals surface area contributed by atoms with E-state index in [1.807, 2.05) is 0 Å². The molecule has 1 amide bonds. The Morgan fingerprint density at radius 2 is 1.80 bits per heavy atom. The SMILES string of the molecule is Cc1cccc(C2(C(=O)NCC3(C)CCNCC3)CCCCC2)c1.Cl. The molecular formula is C21H33ClN2O. The zero-order valence-corrected chi connectivity index (χ0v) is 16.5. The highest BCUT2D eigenvalue weighted by molar-refractivity contribution is 5.88. The van der Waals surface area contributed by atoms with Crippen LogP contribution >= 0.6 is 12.4 Å². The lowest BCUT2D eigenvalue weighted by Gasteiger charge is -2.39. The van der Waals surface area contributed by atoms with E-state index < -0.39 is 0 Å². The first-order chi connectivity index (χ1) is 11.5. The predicted molar refractivity (Wildman–Crippen MR) is 106 cm³/mol. The molecule has 2 fully saturated rings. The lowest BCUT2D eigenvalue weighted by molar-refractivity contribution is -0.128. The molecule has 1 aliphatic heterocycles. The second-order valence-electron chi connectivity index (χ2n) is 8.26. The number of carbonyl (C=O) groups excluding carboxylic acids is 1. The molecule has 3 nitrogen and oxygen atoms in total. The maximum atomic E-state index is 13.3. The molecule has 1 saturated carbocycles. The largest absolute Gasteiger partial charge is 0.355 e. The summed E-state index contributed by atoms with van der Waals surface area (Å²) in [7, 11) is 0. The van der Waals surface area contributed by atoms with Gasteiger partial charge in [-0.3, -0.25) is 4.79 Å². The molecule has 2 aliphatic rings. The summed E-state index contributed by atoms with van der Waals surface area (Å²) in [6.07, 6.45) is 7.83. The highest BCUT2D eigenvalue weighted by Gasteiger charge is 2.41. The van der Waals surface area contributed by atoms with Crippen LogP contribution in [0.4, 0.5) is 0 Å². The Labute approximate surface area is 158 Å². The van der Waals surface area contributed by atoms with Crippen molar-refractivity contribution in [2.45, 2.75) is 64.2 Å². The number of amides is 1. The summed E-state index contributed by atoms with van der Waals surface area (Å²) in [5, 5.41) is 6.77. The van der Waals surface area contributed by atoms with Gasteiger partial charge >= 0.3 is 0 Å². The minimum atomic E-state index is -0.312. The van der Waals surface area contributed by atoms with E-state index in [1.54, 1.807) is 0 Å². The Bertz CT molecular complexity index is 575. The van der Waals surface area contributed by atoms with Gasteiger partial charge in [0, 0.05) is 6.54 Å². The molecule has 3 rings (SSSR count). The fourth-order valence-corrected chi connectivity index (χ4v) is 4.41. The van der Waals surface area contributed by atoms with E-state index in [-0.39, 0.29) is 29.1 Å². The van der Waals surface area contributed by atoms with Crippen molar-refractivity contribution >= 4 is 18.3 Å². The Morgan fingerprint density at radius 1 is 1.12 bits per heavy atom. The second-order valence-corrected chi connectivity index (χ2v) is 8.26. The number of hydrogen-bond acceptors (Lipinski definition) is 2. The van der Waals surface area contributed by atoms with Crippen molar-refractivity contribution in [2.24, 2.45) is 5.41 Å². The minimum absolute atomic E-state index is 0. The highest BCUT2D eigenvalue weighted by atomic mass is 35.5. The summed E-state index contributed by atoms with van der Waals surface area (Å²) < 4.78 is 0. The number of carbonyl (C=O) groups is 1. The Morgan fingerprint density at radius 3 is 2.44 bits per heavy atom. The van der Waals surface area contributed by atoms with Crippen molar-refractivity contribution in [1.29, 1.82) is 0 Å². The molecule has 0 radical (unpaired) electrons. The summed E-state index contributed by atoms with van der Waals surface area (Å²) in [5.41, 5.74) is 2.39. The van der Waals surface area contributed by atoms with Crippen molar-refractivity contribution < 1.29 is 4.79 Å². The second kappa shape index (κ2) is 8.55. The predicted octanol–water partition coefficient (Wildman–Crippen LogP) is 4.12. The summed E-state index contributed by atoms with van der Waals surface area (Å²) in [5.74, 6) is 0.257. The van der Waals surface area contributed by atoms with Crippen molar-refractivity contribution in [3.8, 4) is 0 Å². The normalized spacial score (nSPS) is 21.8. The number of nitrogens with one attached hydrogen (secondary N) is 2. The molecule has 1 heterocycles. The van der Waals surface area contributed by atoms with Crippen LogP contribution in [0.5, 0.6) is 0 Å². The first-order valence-corrected chi connectivity index (χ1v) is 9.60. The highest BCUT2D eigenvalue weighted by Crippen LogP contribution is 2.40. The zero-order chi connectivity index (χ0) is 17.0. The van der Waals surface area contributed by atoms with Crippen molar-refractivity contribution in [3.05, 3.63) is 35.4 Å². The van der Waals surface area contributed by atoms with Crippen LogP contribution in [-0.4, -0.2) is 25.5 Å². The third kappa shape index (κ3) is 4.57. The number of rotatable bonds is 4. The van der Waals surface area contributed by atoms with E-state index in [0.717, 1.165) is 58.2 Å². The fourth-order valence-electron chi connectivity index (χ4n) is 4.41. The van der Waals surface area contributed by atoms with E-state index in [4.69, 9.17) is 0 Å². The maximum Gasteiger partial charge on any atom is 0.230 e. The monoisotopic (exact) mass is 364 g/mol. The number of benzene rings is 1. The van der Waals surface area contributed by atoms with Gasteiger partial charge < -0.3 is 10.6 Å². The zero-order valence-electron chi connectivity index (χ0n) is 15.7. The van der Waals surface area contributed by atoms with E-state index in [0.29, 0.717) is 0 Å². The molecule has 0 atom stereocenters. The Kier molecular flexibility index (Phi) is 6.93. The molecule has 1 aromatic rings. The molecule has 1 saturated heterocycles. The third-order valence-electron chi connectivity index (χ3n) is 6.20. The standard InChI is InChI=1S/C21H32N2O.ClH/c1-17-7-6-8-18(15-17)21(9-4-3-5-10-21)19(24)23-16-20(2)11-13-22-14-12-20;/h6-8,15,22H,3-5,9-14,16H2,1-2H3,(H,23,24);1H. The van der Waals surface area contributed by atoms with Gasteiger partial charge in [0.15, 0.2) is 0 Å². The topological polar surface area (TPSA) is 41.1 Å². The number of hydrogen-bond donors (Lipinski definition) is 2. The molecular weight excluding hydrogens is 332 g/mol. The summed E-state index contributed by atoms with van der Waals surface area (Å²) >= 11 is 0. The lowest BCUT2D eigenvalue weighted by Crippen LogP contribution is -2.50. The summed E-state index contributed by atoms with van der Waals surface area (Å²) in [6, 6.07) is 8.59. The quantitative estimate of drug-likeness (QED) is 0.843. The van der Waals surface area contributed by atoms with Crippen molar-refractivity contribution in [3.63, 3.8) is 0 Å². The van der Waals surface area contributed by atoms with Gasteiger partial charge in [-0.1, -0.05) is 56.0 Å². The van der Waals surface area contributed by atoms with Gasteiger partial charge in [0.1, 0.15) is 0 Å². The molecule has 0 bridgehead atoms. The van der Waals surface area contributed by atoms with Crippen molar-refractivity contribution in [1.82, 2.24) is 10.6 Å². The van der Waals surface area contributed by atoms with Gasteiger partial charge in [-0.25, -0.2) is 0 Å². The maximum absolute atomic E-state index is 13.3. The van der Waals surface area contributed by atoms with Crippen LogP contribution < -0.4 is 10.6 Å².